The molecule has 0 aliphatic carbocycles. The Morgan fingerprint density at radius 2 is 2.40 bits per heavy atom. The predicted molar refractivity (Wildman–Crippen MR) is 59.2 cm³/mol. The van der Waals surface area contributed by atoms with E-state index in [4.69, 9.17) is 10.2 Å². The van der Waals surface area contributed by atoms with Crippen LogP contribution in [0.2, 0.25) is 0 Å². The maximum Gasteiger partial charge on any atom is 0.154 e. The summed E-state index contributed by atoms with van der Waals surface area (Å²) < 4.78 is 7.08. The lowest BCUT2D eigenvalue weighted by Gasteiger charge is -2.00. The lowest BCUT2D eigenvalue weighted by Crippen LogP contribution is -2.04. The van der Waals surface area contributed by atoms with Crippen LogP contribution in [-0.2, 0) is 6.54 Å². The Kier molecular flexibility index (Phi) is 2.76. The summed E-state index contributed by atoms with van der Waals surface area (Å²) in [6, 6.07) is 5.57. The second-order valence-corrected chi connectivity index (χ2v) is 3.51. The first-order valence-electron chi connectivity index (χ1n) is 5.18. The fraction of sp³-hybridized carbons (Fsp3) is 0.364. The summed E-state index contributed by atoms with van der Waals surface area (Å²) >= 11 is 0. The molecule has 0 aliphatic rings. The molecule has 0 saturated carbocycles. The lowest BCUT2D eigenvalue weighted by atomic mass is 10.3. The molecule has 0 unspecified atom stereocenters. The maximum atomic E-state index is 5.85. The molecule has 15 heavy (non-hydrogen) atoms. The number of nitrogens with zero attached hydrogens (tertiary/aromatic N) is 2. The van der Waals surface area contributed by atoms with Gasteiger partial charge >= 0.3 is 0 Å². The molecule has 0 atom stereocenters. The summed E-state index contributed by atoms with van der Waals surface area (Å²) in [6.07, 6.45) is 3.86. The van der Waals surface area contributed by atoms with E-state index in [1.54, 1.807) is 6.26 Å². The summed E-state index contributed by atoms with van der Waals surface area (Å²) in [4.78, 5) is 0. The van der Waals surface area contributed by atoms with Gasteiger partial charge in [-0.3, -0.25) is 0 Å². The van der Waals surface area contributed by atoms with E-state index >= 15 is 0 Å². The minimum Gasteiger partial charge on any atom is -0.463 e. The van der Waals surface area contributed by atoms with Crippen LogP contribution in [0, 0.1) is 0 Å². The highest BCUT2D eigenvalue weighted by Crippen LogP contribution is 2.20. The zero-order chi connectivity index (χ0) is 10.7. The fourth-order valence-corrected chi connectivity index (χ4v) is 1.46. The SMILES string of the molecule is CCCCn1nc(-c2ccco2)cc1N. The molecule has 0 radical (unpaired) electrons. The molecular weight excluding hydrogens is 190 g/mol. The first kappa shape index (κ1) is 9.83. The largest absolute Gasteiger partial charge is 0.463 e. The lowest BCUT2D eigenvalue weighted by molar-refractivity contribution is 0.562. The fourth-order valence-electron chi connectivity index (χ4n) is 1.46. The molecule has 2 rings (SSSR count). The number of furan rings is 1. The van der Waals surface area contributed by atoms with Gasteiger partial charge in [0.2, 0.25) is 0 Å². The number of unbranched alkanes of at least 4 members (excludes halogenated alkanes) is 1. The van der Waals surface area contributed by atoms with Crippen molar-refractivity contribution in [2.24, 2.45) is 0 Å². The van der Waals surface area contributed by atoms with Crippen LogP contribution in [0.3, 0.4) is 0 Å². The summed E-state index contributed by atoms with van der Waals surface area (Å²) in [5.74, 6) is 1.45. The van der Waals surface area contributed by atoms with E-state index in [0.29, 0.717) is 5.82 Å². The van der Waals surface area contributed by atoms with E-state index in [-0.39, 0.29) is 0 Å². The zero-order valence-corrected chi connectivity index (χ0v) is 8.81. The molecule has 0 aromatic carbocycles. The van der Waals surface area contributed by atoms with E-state index in [1.165, 1.54) is 0 Å². The van der Waals surface area contributed by atoms with Crippen molar-refractivity contribution in [3.8, 4) is 11.5 Å². The molecule has 0 aliphatic heterocycles. The predicted octanol–water partition coefficient (Wildman–Crippen LogP) is 2.53. The normalized spacial score (nSPS) is 10.7. The van der Waals surface area contributed by atoms with Gasteiger partial charge in [-0.2, -0.15) is 5.10 Å². The summed E-state index contributed by atoms with van der Waals surface area (Å²) in [7, 11) is 0. The van der Waals surface area contributed by atoms with E-state index in [2.05, 4.69) is 12.0 Å². The average molecular weight is 205 g/mol. The van der Waals surface area contributed by atoms with Crippen molar-refractivity contribution in [3.63, 3.8) is 0 Å². The highest BCUT2D eigenvalue weighted by Gasteiger charge is 2.08. The smallest absolute Gasteiger partial charge is 0.154 e. The van der Waals surface area contributed by atoms with Crippen molar-refractivity contribution in [3.05, 3.63) is 24.5 Å². The number of nitrogen functional groups attached to an aromatic ring is 1. The second-order valence-electron chi connectivity index (χ2n) is 3.51. The van der Waals surface area contributed by atoms with Crippen LogP contribution in [0.15, 0.2) is 28.9 Å². The Balaban J connectivity index is 2.21. The van der Waals surface area contributed by atoms with Crippen molar-refractivity contribution in [2.45, 2.75) is 26.3 Å². The number of rotatable bonds is 4. The average Bonchev–Trinajstić information content (AvgIpc) is 2.83. The molecule has 80 valence electrons. The molecule has 2 heterocycles. The van der Waals surface area contributed by atoms with Gasteiger partial charge in [-0.15, -0.1) is 0 Å². The molecule has 4 heteroatoms. The van der Waals surface area contributed by atoms with Gasteiger partial charge in [0.1, 0.15) is 11.5 Å². The number of anilines is 1. The molecular formula is C11H15N3O. The Labute approximate surface area is 88.7 Å². The van der Waals surface area contributed by atoms with Gasteiger partial charge in [-0.05, 0) is 18.6 Å². The summed E-state index contributed by atoms with van der Waals surface area (Å²) in [5.41, 5.74) is 6.65. The topological polar surface area (TPSA) is 57.0 Å². The molecule has 0 saturated heterocycles. The van der Waals surface area contributed by atoms with Crippen LogP contribution in [0.4, 0.5) is 5.82 Å². The van der Waals surface area contributed by atoms with Gasteiger partial charge in [0.15, 0.2) is 5.76 Å². The zero-order valence-electron chi connectivity index (χ0n) is 8.81. The minimum absolute atomic E-state index is 0.690. The molecule has 0 bridgehead atoms. The first-order valence-corrected chi connectivity index (χ1v) is 5.18. The van der Waals surface area contributed by atoms with E-state index in [0.717, 1.165) is 30.8 Å². The van der Waals surface area contributed by atoms with Crippen LogP contribution in [0.25, 0.3) is 11.5 Å². The third kappa shape index (κ3) is 2.03. The first-order chi connectivity index (χ1) is 7.31. The number of hydrogen-bond donors (Lipinski definition) is 1. The number of aryl methyl sites for hydroxylation is 1. The molecule has 2 N–H and O–H groups in total. The van der Waals surface area contributed by atoms with Gasteiger partial charge < -0.3 is 10.2 Å². The second kappa shape index (κ2) is 4.21. The quantitative estimate of drug-likeness (QED) is 0.834. The number of aromatic nitrogens is 2. The van der Waals surface area contributed by atoms with Crippen LogP contribution in [0.5, 0.6) is 0 Å². The standard InChI is InChI=1S/C11H15N3O/c1-2-3-6-14-11(12)8-9(13-14)10-5-4-7-15-10/h4-5,7-8H,2-3,6,12H2,1H3. The van der Waals surface area contributed by atoms with Crippen molar-refractivity contribution in [2.75, 3.05) is 5.73 Å². The van der Waals surface area contributed by atoms with Crippen LogP contribution in [0.1, 0.15) is 19.8 Å². The van der Waals surface area contributed by atoms with Crippen LogP contribution in [-0.4, -0.2) is 9.78 Å². The summed E-state index contributed by atoms with van der Waals surface area (Å²) in [6.45, 7) is 3.01. The van der Waals surface area contributed by atoms with E-state index < -0.39 is 0 Å². The Morgan fingerprint density at radius 3 is 3.07 bits per heavy atom. The van der Waals surface area contributed by atoms with Crippen LogP contribution >= 0.6 is 0 Å². The van der Waals surface area contributed by atoms with Gasteiger partial charge in [-0.25, -0.2) is 4.68 Å². The van der Waals surface area contributed by atoms with Crippen molar-refractivity contribution in [1.82, 2.24) is 9.78 Å². The van der Waals surface area contributed by atoms with Gasteiger partial charge in [-0.1, -0.05) is 13.3 Å². The molecule has 2 aromatic rings. The molecule has 0 fully saturated rings. The maximum absolute atomic E-state index is 5.85. The van der Waals surface area contributed by atoms with Crippen molar-refractivity contribution < 1.29 is 4.42 Å². The molecule has 4 nitrogen and oxygen atoms in total. The molecule has 0 spiro atoms. The highest BCUT2D eigenvalue weighted by molar-refractivity contribution is 5.56. The van der Waals surface area contributed by atoms with Crippen LogP contribution < -0.4 is 5.73 Å². The highest BCUT2D eigenvalue weighted by atomic mass is 16.3. The Morgan fingerprint density at radius 1 is 1.53 bits per heavy atom. The molecule has 0 amide bonds. The third-order valence-corrected chi connectivity index (χ3v) is 2.31. The van der Waals surface area contributed by atoms with E-state index in [9.17, 15) is 0 Å². The third-order valence-electron chi connectivity index (χ3n) is 2.31. The van der Waals surface area contributed by atoms with Gasteiger partial charge in [0.05, 0.1) is 6.26 Å². The monoisotopic (exact) mass is 205 g/mol. The molecule has 2 aromatic heterocycles. The minimum atomic E-state index is 0.690. The Bertz CT molecular complexity index is 417. The van der Waals surface area contributed by atoms with Crippen molar-refractivity contribution in [1.29, 1.82) is 0 Å². The number of hydrogen-bond acceptors (Lipinski definition) is 3. The van der Waals surface area contributed by atoms with Crippen molar-refractivity contribution >= 4 is 5.82 Å². The van der Waals surface area contributed by atoms with Gasteiger partial charge in [0.25, 0.3) is 0 Å². The Hall–Kier alpha value is -1.71. The van der Waals surface area contributed by atoms with Gasteiger partial charge in [0, 0.05) is 12.6 Å². The summed E-state index contributed by atoms with van der Waals surface area (Å²) in [5, 5.41) is 4.39. The van der Waals surface area contributed by atoms with E-state index in [1.807, 2.05) is 22.9 Å². The number of nitrogens with two attached hydrogens (primary N) is 1.